The average Bonchev–Trinajstić information content (AvgIpc) is 2.91. The Kier molecular flexibility index (Phi) is 4.06. The first-order chi connectivity index (χ1) is 10.2. The van der Waals surface area contributed by atoms with Crippen molar-refractivity contribution in [2.24, 2.45) is 0 Å². The largest absolute Gasteiger partial charge is 0.464 e. The van der Waals surface area contributed by atoms with E-state index in [2.05, 4.69) is 21.2 Å². The maximum Gasteiger partial charge on any atom is 0.251 e. The molecule has 0 aliphatic carbocycles. The van der Waals surface area contributed by atoms with Crippen molar-refractivity contribution < 1.29 is 9.21 Å². The number of fused-ring (bicyclic) bond motifs is 1. The fourth-order valence-electron chi connectivity index (χ4n) is 2.27. The van der Waals surface area contributed by atoms with Crippen molar-refractivity contribution >= 4 is 32.8 Å². The lowest BCUT2D eigenvalue weighted by Crippen LogP contribution is -2.25. The molecule has 0 fully saturated rings. The number of furan rings is 1. The number of hydrogen-bond acceptors (Lipinski definition) is 2. The number of halogens is 1. The second-order valence-corrected chi connectivity index (χ2v) is 5.69. The zero-order chi connectivity index (χ0) is 14.7. The van der Waals surface area contributed by atoms with Crippen molar-refractivity contribution in [2.75, 3.05) is 6.54 Å². The van der Waals surface area contributed by atoms with Crippen molar-refractivity contribution in [1.82, 2.24) is 5.32 Å². The number of rotatable bonds is 4. The van der Waals surface area contributed by atoms with Crippen molar-refractivity contribution in [3.8, 4) is 0 Å². The van der Waals surface area contributed by atoms with Crippen molar-refractivity contribution in [3.63, 3.8) is 0 Å². The number of para-hydroxylation sites is 1. The molecular weight excluding hydrogens is 330 g/mol. The second-order valence-electron chi connectivity index (χ2n) is 4.77. The fraction of sp³-hybridized carbons (Fsp3) is 0.118. The molecule has 0 bridgehead atoms. The van der Waals surface area contributed by atoms with E-state index in [1.54, 1.807) is 12.3 Å². The van der Waals surface area contributed by atoms with Gasteiger partial charge in [0.05, 0.1) is 6.26 Å². The normalized spacial score (nSPS) is 10.7. The molecule has 0 saturated carbocycles. The number of benzene rings is 2. The molecule has 0 atom stereocenters. The minimum Gasteiger partial charge on any atom is -0.464 e. The van der Waals surface area contributed by atoms with E-state index in [0.29, 0.717) is 12.1 Å². The minimum atomic E-state index is -0.0656. The Labute approximate surface area is 131 Å². The molecule has 0 aliphatic rings. The van der Waals surface area contributed by atoms with Crippen LogP contribution in [0.1, 0.15) is 15.9 Å². The van der Waals surface area contributed by atoms with Crippen LogP contribution in [-0.4, -0.2) is 12.5 Å². The third-order valence-electron chi connectivity index (χ3n) is 3.33. The van der Waals surface area contributed by atoms with Gasteiger partial charge in [0.1, 0.15) is 5.58 Å². The topological polar surface area (TPSA) is 42.2 Å². The summed E-state index contributed by atoms with van der Waals surface area (Å²) in [5.41, 5.74) is 2.65. The first kappa shape index (κ1) is 13.9. The van der Waals surface area contributed by atoms with Crippen LogP contribution in [0, 0.1) is 0 Å². The molecule has 0 spiro atoms. The van der Waals surface area contributed by atoms with Gasteiger partial charge in [-0.25, -0.2) is 0 Å². The average molecular weight is 344 g/mol. The summed E-state index contributed by atoms with van der Waals surface area (Å²) in [5, 5.41) is 4.03. The summed E-state index contributed by atoms with van der Waals surface area (Å²) in [6.07, 6.45) is 2.51. The van der Waals surface area contributed by atoms with E-state index < -0.39 is 0 Å². The van der Waals surface area contributed by atoms with E-state index in [-0.39, 0.29) is 5.91 Å². The van der Waals surface area contributed by atoms with Crippen LogP contribution in [-0.2, 0) is 6.42 Å². The Morgan fingerprint density at radius 2 is 2.00 bits per heavy atom. The van der Waals surface area contributed by atoms with Crippen LogP contribution in [0.3, 0.4) is 0 Å². The molecule has 4 heteroatoms. The van der Waals surface area contributed by atoms with Gasteiger partial charge >= 0.3 is 0 Å². The molecule has 0 aliphatic heterocycles. The fourth-order valence-corrected chi connectivity index (χ4v) is 2.67. The van der Waals surface area contributed by atoms with E-state index in [1.807, 2.05) is 42.5 Å². The molecule has 21 heavy (non-hydrogen) atoms. The minimum absolute atomic E-state index is 0.0656. The Bertz CT molecular complexity index is 779. The highest BCUT2D eigenvalue weighted by molar-refractivity contribution is 9.10. The third kappa shape index (κ3) is 3.16. The van der Waals surface area contributed by atoms with Crippen molar-refractivity contribution in [3.05, 3.63) is 70.4 Å². The number of amides is 1. The monoisotopic (exact) mass is 343 g/mol. The summed E-state index contributed by atoms with van der Waals surface area (Å²) < 4.78 is 6.39. The van der Waals surface area contributed by atoms with Gasteiger partial charge in [-0.1, -0.05) is 40.2 Å². The summed E-state index contributed by atoms with van der Waals surface area (Å²) in [7, 11) is 0. The summed E-state index contributed by atoms with van der Waals surface area (Å²) in [5.74, 6) is -0.0656. The van der Waals surface area contributed by atoms with Gasteiger partial charge in [-0.05, 0) is 36.2 Å². The molecule has 1 heterocycles. The lowest BCUT2D eigenvalue weighted by atomic mass is 10.1. The van der Waals surface area contributed by atoms with Crippen molar-refractivity contribution in [1.29, 1.82) is 0 Å². The zero-order valence-corrected chi connectivity index (χ0v) is 12.9. The van der Waals surface area contributed by atoms with Gasteiger partial charge in [0.25, 0.3) is 5.91 Å². The summed E-state index contributed by atoms with van der Waals surface area (Å²) in [6, 6.07) is 15.3. The van der Waals surface area contributed by atoms with E-state index in [0.717, 1.165) is 27.4 Å². The summed E-state index contributed by atoms with van der Waals surface area (Å²) in [4.78, 5) is 12.0. The van der Waals surface area contributed by atoms with Gasteiger partial charge in [0, 0.05) is 22.0 Å². The van der Waals surface area contributed by atoms with Gasteiger partial charge in [-0.2, -0.15) is 0 Å². The van der Waals surface area contributed by atoms with Crippen LogP contribution in [0.4, 0.5) is 0 Å². The first-order valence-electron chi connectivity index (χ1n) is 6.73. The number of nitrogens with one attached hydrogen (secondary N) is 1. The Balaban J connectivity index is 1.62. The van der Waals surface area contributed by atoms with E-state index in [9.17, 15) is 4.79 Å². The molecule has 0 saturated heterocycles. The van der Waals surface area contributed by atoms with Gasteiger partial charge in [-0.15, -0.1) is 0 Å². The number of hydrogen-bond donors (Lipinski definition) is 1. The first-order valence-corrected chi connectivity index (χ1v) is 7.52. The highest BCUT2D eigenvalue weighted by Gasteiger charge is 2.07. The van der Waals surface area contributed by atoms with E-state index in [4.69, 9.17) is 4.42 Å². The maximum atomic E-state index is 12.0. The molecule has 1 N–H and O–H groups in total. The van der Waals surface area contributed by atoms with E-state index in [1.165, 1.54) is 0 Å². The van der Waals surface area contributed by atoms with Crippen LogP contribution >= 0.6 is 15.9 Å². The molecule has 0 radical (unpaired) electrons. The van der Waals surface area contributed by atoms with Crippen LogP contribution < -0.4 is 5.32 Å². The quantitative estimate of drug-likeness (QED) is 0.772. The van der Waals surface area contributed by atoms with Gasteiger partial charge < -0.3 is 9.73 Å². The number of carbonyl (C=O) groups excluding carboxylic acids is 1. The molecule has 3 aromatic rings. The molecule has 3 nitrogen and oxygen atoms in total. The SMILES string of the molecule is O=C(NCCc1coc2ccccc12)c1cccc(Br)c1. The molecule has 0 unspecified atom stereocenters. The zero-order valence-electron chi connectivity index (χ0n) is 11.3. The highest BCUT2D eigenvalue weighted by Crippen LogP contribution is 2.20. The maximum absolute atomic E-state index is 12.0. The van der Waals surface area contributed by atoms with E-state index >= 15 is 0 Å². The van der Waals surface area contributed by atoms with Crippen LogP contribution in [0.2, 0.25) is 0 Å². The molecule has 3 rings (SSSR count). The van der Waals surface area contributed by atoms with Crippen molar-refractivity contribution in [2.45, 2.75) is 6.42 Å². The number of carbonyl (C=O) groups is 1. The predicted octanol–water partition coefficient (Wildman–Crippen LogP) is 4.17. The Hall–Kier alpha value is -2.07. The van der Waals surface area contributed by atoms with Crippen LogP contribution in [0.25, 0.3) is 11.0 Å². The molecule has 106 valence electrons. The summed E-state index contributed by atoms with van der Waals surface area (Å²) >= 11 is 3.36. The second kappa shape index (κ2) is 6.14. The van der Waals surface area contributed by atoms with Gasteiger partial charge in [-0.3, -0.25) is 4.79 Å². The van der Waals surface area contributed by atoms with Gasteiger partial charge in [0.15, 0.2) is 0 Å². The van der Waals surface area contributed by atoms with Gasteiger partial charge in [0.2, 0.25) is 0 Å². The Morgan fingerprint density at radius 3 is 2.86 bits per heavy atom. The lowest BCUT2D eigenvalue weighted by Gasteiger charge is -2.05. The molecule has 1 amide bonds. The molecule has 1 aromatic heterocycles. The highest BCUT2D eigenvalue weighted by atomic mass is 79.9. The van der Waals surface area contributed by atoms with Crippen LogP contribution in [0.5, 0.6) is 0 Å². The standard InChI is InChI=1S/C17H14BrNO2/c18-14-5-3-4-12(10-14)17(20)19-9-8-13-11-21-16-7-2-1-6-15(13)16/h1-7,10-11H,8-9H2,(H,19,20). The molecule has 2 aromatic carbocycles. The summed E-state index contributed by atoms with van der Waals surface area (Å²) in [6.45, 7) is 0.578. The smallest absolute Gasteiger partial charge is 0.251 e. The molecular formula is C17H14BrNO2. The van der Waals surface area contributed by atoms with Crippen LogP contribution in [0.15, 0.2) is 63.7 Å². The third-order valence-corrected chi connectivity index (χ3v) is 3.82. The Morgan fingerprint density at radius 1 is 1.14 bits per heavy atom. The predicted molar refractivity (Wildman–Crippen MR) is 86.4 cm³/mol. The lowest BCUT2D eigenvalue weighted by molar-refractivity contribution is 0.0954.